The average molecular weight is 225 g/mol. The number of aliphatic hydroxyl groups is 2. The summed E-state index contributed by atoms with van der Waals surface area (Å²) >= 11 is 0. The summed E-state index contributed by atoms with van der Waals surface area (Å²) in [7, 11) is 1.51. The summed E-state index contributed by atoms with van der Waals surface area (Å²) in [5, 5.41) is 20.1. The summed E-state index contributed by atoms with van der Waals surface area (Å²) in [5.41, 5.74) is -0.0654. The third-order valence-electron chi connectivity index (χ3n) is 3.01. The third-order valence-corrected chi connectivity index (χ3v) is 3.01. The molecule has 1 aliphatic rings. The number of nitrogens with zero attached hydrogens (tertiary/aromatic N) is 1. The minimum Gasteiger partial charge on any atom is -0.481 e. The zero-order valence-electron chi connectivity index (χ0n) is 9.30. The monoisotopic (exact) mass is 225 g/mol. The van der Waals surface area contributed by atoms with E-state index in [1.165, 1.54) is 7.11 Å². The van der Waals surface area contributed by atoms with Crippen molar-refractivity contribution in [3.63, 3.8) is 0 Å². The van der Waals surface area contributed by atoms with E-state index in [0.717, 1.165) is 0 Å². The second-order valence-electron chi connectivity index (χ2n) is 3.79. The number of hydrogen-bond acceptors (Lipinski definition) is 5. The molecule has 5 nitrogen and oxygen atoms in total. The number of pyridine rings is 1. The van der Waals surface area contributed by atoms with Crippen LogP contribution in [0.2, 0.25) is 0 Å². The highest BCUT2D eigenvalue weighted by atomic mass is 16.6. The van der Waals surface area contributed by atoms with Gasteiger partial charge in [0.15, 0.2) is 6.29 Å². The minimum atomic E-state index is -1.39. The molecule has 2 N–H and O–H groups in total. The zero-order valence-corrected chi connectivity index (χ0v) is 9.30. The first-order chi connectivity index (χ1) is 7.63. The molecule has 0 saturated carbocycles. The van der Waals surface area contributed by atoms with Gasteiger partial charge in [0.1, 0.15) is 5.60 Å². The highest BCUT2D eigenvalue weighted by Crippen LogP contribution is 2.39. The summed E-state index contributed by atoms with van der Waals surface area (Å²) in [6.45, 7) is 1.98. The molecule has 1 aromatic rings. The van der Waals surface area contributed by atoms with Gasteiger partial charge in [-0.1, -0.05) is 6.92 Å². The molecule has 16 heavy (non-hydrogen) atoms. The molecule has 0 aliphatic carbocycles. The van der Waals surface area contributed by atoms with E-state index in [1.54, 1.807) is 19.2 Å². The summed E-state index contributed by atoms with van der Waals surface area (Å²) in [4.78, 5) is 4.04. The fraction of sp³-hybridized carbons (Fsp3) is 0.545. The van der Waals surface area contributed by atoms with Crippen molar-refractivity contribution in [3.8, 4) is 5.88 Å². The molecule has 2 heterocycles. The molecule has 5 heteroatoms. The van der Waals surface area contributed by atoms with E-state index in [4.69, 9.17) is 9.47 Å². The van der Waals surface area contributed by atoms with E-state index in [2.05, 4.69) is 4.98 Å². The molecular formula is C11H15NO4. The SMILES string of the molecule is CCC1(O)c2ccnc(OC)c2CO[C@@H]1O. The van der Waals surface area contributed by atoms with Crippen molar-refractivity contribution in [2.45, 2.75) is 31.8 Å². The van der Waals surface area contributed by atoms with Crippen LogP contribution in [0.4, 0.5) is 0 Å². The van der Waals surface area contributed by atoms with E-state index in [-0.39, 0.29) is 6.61 Å². The first-order valence-corrected chi connectivity index (χ1v) is 5.18. The highest BCUT2D eigenvalue weighted by molar-refractivity contribution is 5.39. The number of aliphatic hydroxyl groups excluding tert-OH is 1. The van der Waals surface area contributed by atoms with Gasteiger partial charge in [0.2, 0.25) is 5.88 Å². The second-order valence-corrected chi connectivity index (χ2v) is 3.79. The van der Waals surface area contributed by atoms with Crippen LogP contribution < -0.4 is 4.74 Å². The molecule has 0 bridgehead atoms. The molecular weight excluding hydrogens is 210 g/mol. The van der Waals surface area contributed by atoms with Gasteiger partial charge in [-0.05, 0) is 12.5 Å². The summed E-state index contributed by atoms with van der Waals surface area (Å²) in [6, 6.07) is 1.69. The highest BCUT2D eigenvalue weighted by Gasteiger charge is 2.42. The van der Waals surface area contributed by atoms with Gasteiger partial charge >= 0.3 is 0 Å². The Kier molecular flexibility index (Phi) is 2.84. The normalized spacial score (nSPS) is 28.6. The molecule has 1 aromatic heterocycles. The maximum absolute atomic E-state index is 10.4. The van der Waals surface area contributed by atoms with Crippen LogP contribution in [0.25, 0.3) is 0 Å². The third kappa shape index (κ3) is 1.48. The predicted molar refractivity (Wildman–Crippen MR) is 55.8 cm³/mol. The maximum Gasteiger partial charge on any atom is 0.218 e. The number of hydrogen-bond donors (Lipinski definition) is 2. The Morgan fingerprint density at radius 3 is 3.06 bits per heavy atom. The molecule has 0 saturated heterocycles. The van der Waals surface area contributed by atoms with Crippen molar-refractivity contribution in [1.29, 1.82) is 0 Å². The van der Waals surface area contributed by atoms with Gasteiger partial charge in [-0.2, -0.15) is 0 Å². The van der Waals surface area contributed by atoms with Crippen LogP contribution >= 0.6 is 0 Å². The van der Waals surface area contributed by atoms with Crippen molar-refractivity contribution in [2.24, 2.45) is 0 Å². The van der Waals surface area contributed by atoms with Gasteiger partial charge in [-0.15, -0.1) is 0 Å². The molecule has 0 fully saturated rings. The molecule has 1 aliphatic heterocycles. The van der Waals surface area contributed by atoms with E-state index in [0.29, 0.717) is 23.4 Å². The van der Waals surface area contributed by atoms with Crippen molar-refractivity contribution >= 4 is 0 Å². The van der Waals surface area contributed by atoms with Crippen LogP contribution in [0, 0.1) is 0 Å². The fourth-order valence-electron chi connectivity index (χ4n) is 1.99. The van der Waals surface area contributed by atoms with Crippen LogP contribution in [0.3, 0.4) is 0 Å². The lowest BCUT2D eigenvalue weighted by Gasteiger charge is -2.37. The Balaban J connectivity index is 2.57. The summed E-state index contributed by atoms with van der Waals surface area (Å²) in [5.74, 6) is 0.427. The lowest BCUT2D eigenvalue weighted by Crippen LogP contribution is -2.44. The molecule has 0 radical (unpaired) electrons. The molecule has 2 rings (SSSR count). The number of methoxy groups -OCH3 is 1. The van der Waals surface area contributed by atoms with Gasteiger partial charge < -0.3 is 19.7 Å². The minimum absolute atomic E-state index is 0.190. The van der Waals surface area contributed by atoms with Crippen molar-refractivity contribution in [2.75, 3.05) is 7.11 Å². The van der Waals surface area contributed by atoms with Crippen LogP contribution in [-0.4, -0.2) is 28.6 Å². The van der Waals surface area contributed by atoms with Gasteiger partial charge in [-0.3, -0.25) is 0 Å². The van der Waals surface area contributed by atoms with Gasteiger partial charge in [0.05, 0.1) is 13.7 Å². The Morgan fingerprint density at radius 1 is 1.69 bits per heavy atom. The molecule has 0 amide bonds. The van der Waals surface area contributed by atoms with Gasteiger partial charge in [0, 0.05) is 17.3 Å². The topological polar surface area (TPSA) is 71.8 Å². The smallest absolute Gasteiger partial charge is 0.218 e. The summed E-state index contributed by atoms with van der Waals surface area (Å²) in [6.07, 6.45) is 0.696. The zero-order chi connectivity index (χ0) is 11.8. The second kappa shape index (κ2) is 4.01. The van der Waals surface area contributed by atoms with Crippen LogP contribution in [0.5, 0.6) is 5.88 Å². The maximum atomic E-state index is 10.4. The lowest BCUT2D eigenvalue weighted by molar-refractivity contribution is -0.236. The Morgan fingerprint density at radius 2 is 2.44 bits per heavy atom. The van der Waals surface area contributed by atoms with Crippen LogP contribution in [0.15, 0.2) is 12.3 Å². The van der Waals surface area contributed by atoms with E-state index in [9.17, 15) is 10.2 Å². The van der Waals surface area contributed by atoms with Crippen LogP contribution in [0.1, 0.15) is 24.5 Å². The Bertz CT molecular complexity index is 396. The number of aromatic nitrogens is 1. The standard InChI is InChI=1S/C11H15NO4/c1-3-11(14)8-4-5-12-9(15-2)7(8)6-16-10(11)13/h4-5,10,13-14H,3,6H2,1-2H3/t10-,11?/m0/s1. The Labute approximate surface area is 93.7 Å². The lowest BCUT2D eigenvalue weighted by atomic mass is 9.86. The van der Waals surface area contributed by atoms with Crippen molar-refractivity contribution in [3.05, 3.63) is 23.4 Å². The predicted octanol–water partition coefficient (Wildman–Crippen LogP) is 0.536. The van der Waals surface area contributed by atoms with Crippen LogP contribution in [-0.2, 0) is 16.9 Å². The average Bonchev–Trinajstić information content (AvgIpc) is 2.33. The molecule has 0 spiro atoms. The molecule has 1 unspecified atom stereocenters. The first-order valence-electron chi connectivity index (χ1n) is 5.18. The largest absolute Gasteiger partial charge is 0.481 e. The molecule has 2 atom stereocenters. The molecule has 88 valence electrons. The number of rotatable bonds is 2. The van der Waals surface area contributed by atoms with E-state index in [1.807, 2.05) is 0 Å². The fourth-order valence-corrected chi connectivity index (χ4v) is 1.99. The van der Waals surface area contributed by atoms with Gasteiger partial charge in [0.25, 0.3) is 0 Å². The van der Waals surface area contributed by atoms with Crippen molar-refractivity contribution in [1.82, 2.24) is 4.98 Å². The first kappa shape index (κ1) is 11.3. The summed E-state index contributed by atoms with van der Waals surface area (Å²) < 4.78 is 10.2. The number of ether oxygens (including phenoxy) is 2. The Hall–Kier alpha value is -1.17. The molecule has 0 aromatic carbocycles. The quantitative estimate of drug-likeness (QED) is 0.768. The van der Waals surface area contributed by atoms with E-state index < -0.39 is 11.9 Å². The van der Waals surface area contributed by atoms with Gasteiger partial charge in [-0.25, -0.2) is 4.98 Å². The van der Waals surface area contributed by atoms with E-state index >= 15 is 0 Å². The van der Waals surface area contributed by atoms with Crippen molar-refractivity contribution < 1.29 is 19.7 Å². The number of fused-ring (bicyclic) bond motifs is 1.